The number of carbonyl (C=O) groups excluding carboxylic acids is 2. The zero-order chi connectivity index (χ0) is 28.4. The number of nitrogens with one attached hydrogen (secondary N) is 1. The lowest BCUT2D eigenvalue weighted by molar-refractivity contribution is -0.134. The van der Waals surface area contributed by atoms with Crippen molar-refractivity contribution in [3.05, 3.63) is 106 Å². The first-order chi connectivity index (χ1) is 19.1. The molecule has 0 unspecified atom stereocenters. The van der Waals surface area contributed by atoms with Crippen molar-refractivity contribution in [1.82, 2.24) is 20.0 Å². The molecule has 0 radical (unpaired) electrons. The number of aromatic amines is 1. The Labute approximate surface area is 234 Å². The van der Waals surface area contributed by atoms with Crippen molar-refractivity contribution in [2.24, 2.45) is 0 Å². The van der Waals surface area contributed by atoms with Gasteiger partial charge >= 0.3 is 0 Å². The molecule has 7 nitrogen and oxygen atoms in total. The average molecular weight is 563 g/mol. The summed E-state index contributed by atoms with van der Waals surface area (Å²) in [5.74, 6) is -1.61. The highest BCUT2D eigenvalue weighted by molar-refractivity contribution is 8.01. The van der Waals surface area contributed by atoms with Crippen LogP contribution in [0.25, 0.3) is 10.8 Å². The minimum atomic E-state index is -0.908. The van der Waals surface area contributed by atoms with Crippen LogP contribution in [-0.4, -0.2) is 62.7 Å². The maximum atomic E-state index is 14.8. The van der Waals surface area contributed by atoms with Crippen LogP contribution < -0.4 is 5.56 Å². The molecule has 4 aromatic rings. The van der Waals surface area contributed by atoms with E-state index in [1.165, 1.54) is 23.1 Å². The van der Waals surface area contributed by atoms with Crippen molar-refractivity contribution >= 4 is 34.3 Å². The molecule has 0 aliphatic carbocycles. The van der Waals surface area contributed by atoms with Gasteiger partial charge in [0.15, 0.2) is 0 Å². The fraction of sp³-hybridized carbons (Fsp3) is 0.267. The summed E-state index contributed by atoms with van der Waals surface area (Å²) in [5, 5.41) is 7.88. The molecule has 10 heteroatoms. The second-order valence-corrected chi connectivity index (χ2v) is 11.8. The molecule has 40 heavy (non-hydrogen) atoms. The highest BCUT2D eigenvalue weighted by Gasteiger charge is 2.36. The smallest absolute Gasteiger partial charge is 0.272 e. The number of nitrogens with zero attached hydrogens (tertiary/aromatic N) is 3. The third kappa shape index (κ3) is 5.62. The maximum Gasteiger partial charge on any atom is 0.272 e. The monoisotopic (exact) mass is 562 g/mol. The first-order valence-corrected chi connectivity index (χ1v) is 13.7. The lowest BCUT2D eigenvalue weighted by atomic mass is 10.0. The molecule has 2 amide bonds. The minimum Gasteiger partial charge on any atom is -0.338 e. The van der Waals surface area contributed by atoms with Gasteiger partial charge in [-0.2, -0.15) is 5.10 Å². The SMILES string of the molecule is CC(C)(Sc1ccccc1F)C(=O)N1CCN(C(=O)c2cc(Cc3n[nH]c(=O)c4ccccc34)ccc2F)CC1. The Morgan fingerprint density at radius 3 is 2.27 bits per heavy atom. The first-order valence-electron chi connectivity index (χ1n) is 12.9. The van der Waals surface area contributed by atoms with Crippen molar-refractivity contribution in [3.8, 4) is 0 Å². The number of benzene rings is 3. The molecule has 1 aliphatic rings. The predicted molar refractivity (Wildman–Crippen MR) is 150 cm³/mol. The summed E-state index contributed by atoms with van der Waals surface area (Å²) < 4.78 is 28.1. The largest absolute Gasteiger partial charge is 0.338 e. The van der Waals surface area contributed by atoms with E-state index < -0.39 is 16.5 Å². The minimum absolute atomic E-state index is 0.0542. The van der Waals surface area contributed by atoms with Crippen LogP contribution in [0.15, 0.2) is 76.4 Å². The van der Waals surface area contributed by atoms with E-state index in [-0.39, 0.29) is 35.9 Å². The second-order valence-electron chi connectivity index (χ2n) is 10.2. The van der Waals surface area contributed by atoms with E-state index in [4.69, 9.17) is 0 Å². The molecule has 1 saturated heterocycles. The number of amides is 2. The lowest BCUT2D eigenvalue weighted by Crippen LogP contribution is -2.54. The predicted octanol–water partition coefficient (Wildman–Crippen LogP) is 4.65. The van der Waals surface area contributed by atoms with Gasteiger partial charge in [-0.15, -0.1) is 11.8 Å². The molecule has 1 aliphatic heterocycles. The summed E-state index contributed by atoms with van der Waals surface area (Å²) in [5.41, 5.74) is 0.945. The van der Waals surface area contributed by atoms with Crippen LogP contribution in [0.4, 0.5) is 8.78 Å². The van der Waals surface area contributed by atoms with Crippen LogP contribution in [0, 0.1) is 11.6 Å². The molecule has 1 aromatic heterocycles. The van der Waals surface area contributed by atoms with Gasteiger partial charge in [0.1, 0.15) is 11.6 Å². The molecule has 0 atom stereocenters. The van der Waals surface area contributed by atoms with Gasteiger partial charge in [-0.1, -0.05) is 36.4 Å². The molecule has 0 saturated carbocycles. The van der Waals surface area contributed by atoms with Crippen molar-refractivity contribution in [3.63, 3.8) is 0 Å². The van der Waals surface area contributed by atoms with Crippen molar-refractivity contribution < 1.29 is 18.4 Å². The van der Waals surface area contributed by atoms with E-state index >= 15 is 0 Å². The first kappa shape index (κ1) is 27.5. The van der Waals surface area contributed by atoms with Gasteiger partial charge in [-0.25, -0.2) is 13.9 Å². The molecular formula is C30H28F2N4O3S. The number of piperazine rings is 1. The van der Waals surface area contributed by atoms with Crippen LogP contribution in [0.1, 0.15) is 35.5 Å². The van der Waals surface area contributed by atoms with Crippen LogP contribution >= 0.6 is 11.8 Å². The van der Waals surface area contributed by atoms with Gasteiger partial charge in [0.05, 0.1) is 21.4 Å². The van der Waals surface area contributed by atoms with Gasteiger partial charge in [-0.3, -0.25) is 14.4 Å². The number of thioether (sulfide) groups is 1. The van der Waals surface area contributed by atoms with Crippen LogP contribution in [0.5, 0.6) is 0 Å². The fourth-order valence-corrected chi connectivity index (χ4v) is 5.93. The zero-order valence-corrected chi connectivity index (χ0v) is 22.9. The number of fused-ring (bicyclic) bond motifs is 1. The van der Waals surface area contributed by atoms with Crippen LogP contribution in [0.2, 0.25) is 0 Å². The van der Waals surface area contributed by atoms with Gasteiger partial charge in [-0.05, 0) is 49.7 Å². The van der Waals surface area contributed by atoms with Gasteiger partial charge in [0.25, 0.3) is 11.5 Å². The van der Waals surface area contributed by atoms with E-state index in [0.29, 0.717) is 46.4 Å². The summed E-state index contributed by atoms with van der Waals surface area (Å²) in [6.07, 6.45) is 0.300. The molecular weight excluding hydrogens is 534 g/mol. The Hall–Kier alpha value is -4.05. The highest BCUT2D eigenvalue weighted by atomic mass is 32.2. The Morgan fingerprint density at radius 2 is 1.55 bits per heavy atom. The highest BCUT2D eigenvalue weighted by Crippen LogP contribution is 2.35. The number of hydrogen-bond acceptors (Lipinski definition) is 5. The van der Waals surface area contributed by atoms with Crippen LogP contribution in [-0.2, 0) is 11.2 Å². The van der Waals surface area contributed by atoms with E-state index in [2.05, 4.69) is 10.2 Å². The molecule has 3 aromatic carbocycles. The number of halogens is 2. The summed E-state index contributed by atoms with van der Waals surface area (Å²) in [7, 11) is 0. The van der Waals surface area contributed by atoms with E-state index in [1.54, 1.807) is 61.2 Å². The lowest BCUT2D eigenvalue weighted by Gasteiger charge is -2.38. The van der Waals surface area contributed by atoms with Crippen molar-refractivity contribution in [1.29, 1.82) is 0 Å². The van der Waals surface area contributed by atoms with Gasteiger partial charge < -0.3 is 9.80 Å². The molecule has 5 rings (SSSR count). The molecule has 1 N–H and O–H groups in total. The number of hydrogen-bond donors (Lipinski definition) is 1. The number of H-pyrrole nitrogens is 1. The molecule has 206 valence electrons. The third-order valence-electron chi connectivity index (χ3n) is 6.98. The molecule has 2 heterocycles. The zero-order valence-electron chi connectivity index (χ0n) is 22.1. The van der Waals surface area contributed by atoms with Crippen LogP contribution in [0.3, 0.4) is 0 Å². The Kier molecular flexibility index (Phi) is 7.71. The summed E-state index contributed by atoms with van der Waals surface area (Å²) >= 11 is 1.16. The molecule has 0 spiro atoms. The standard InChI is InChI=1S/C30H28F2N4O3S/c1-30(2,40-26-10-6-5-9-24(26)32)29(39)36-15-13-35(14-16-36)28(38)22-17-19(11-12-23(22)31)18-25-20-7-3-4-8-21(20)27(37)34-33-25/h3-12,17H,13-16,18H2,1-2H3,(H,34,37). The van der Waals surface area contributed by atoms with Gasteiger partial charge in [0.2, 0.25) is 5.91 Å². The molecule has 1 fully saturated rings. The van der Waals surface area contributed by atoms with E-state index in [1.807, 2.05) is 6.07 Å². The fourth-order valence-electron chi connectivity index (χ4n) is 4.86. The Balaban J connectivity index is 1.27. The average Bonchev–Trinajstić information content (AvgIpc) is 2.96. The molecule has 0 bridgehead atoms. The number of aromatic nitrogens is 2. The number of carbonyl (C=O) groups is 2. The second kappa shape index (κ2) is 11.2. The van der Waals surface area contributed by atoms with E-state index in [0.717, 1.165) is 11.8 Å². The Bertz CT molecular complexity index is 1650. The maximum absolute atomic E-state index is 14.8. The quantitative estimate of drug-likeness (QED) is 0.346. The summed E-state index contributed by atoms with van der Waals surface area (Å²) in [4.78, 5) is 42.3. The normalized spacial score (nSPS) is 14.0. The number of rotatable bonds is 6. The summed E-state index contributed by atoms with van der Waals surface area (Å²) in [6.45, 7) is 4.60. The topological polar surface area (TPSA) is 86.4 Å². The Morgan fingerprint density at radius 1 is 0.900 bits per heavy atom. The third-order valence-corrected chi connectivity index (χ3v) is 8.21. The van der Waals surface area contributed by atoms with E-state index in [9.17, 15) is 23.2 Å². The van der Waals surface area contributed by atoms with Gasteiger partial charge in [0, 0.05) is 42.9 Å². The van der Waals surface area contributed by atoms with Crippen molar-refractivity contribution in [2.75, 3.05) is 26.2 Å². The van der Waals surface area contributed by atoms with Crippen molar-refractivity contribution in [2.45, 2.75) is 29.9 Å². The summed E-state index contributed by atoms with van der Waals surface area (Å²) in [6, 6.07) is 17.8.